The van der Waals surface area contributed by atoms with Crippen molar-refractivity contribution in [1.82, 2.24) is 4.98 Å². The average Bonchev–Trinajstić information content (AvgIpc) is 2.62. The Morgan fingerprint density at radius 2 is 1.83 bits per heavy atom. The Balaban J connectivity index is 1.70. The zero-order valence-electron chi connectivity index (χ0n) is 14.2. The molecule has 1 saturated carbocycles. The highest BCUT2D eigenvalue weighted by Gasteiger charge is 2.18. The van der Waals surface area contributed by atoms with Crippen LogP contribution in [-0.2, 0) is 0 Å². The maximum atomic E-state index is 4.53. The Labute approximate surface area is 140 Å². The number of aryl methyl sites for hydroxylation is 1. The van der Waals surface area contributed by atoms with Crippen molar-refractivity contribution in [2.45, 2.75) is 57.9 Å². The van der Waals surface area contributed by atoms with Crippen LogP contribution < -0.4 is 5.32 Å². The van der Waals surface area contributed by atoms with Gasteiger partial charge in [0.15, 0.2) is 0 Å². The first kappa shape index (κ1) is 16.0. The van der Waals surface area contributed by atoms with E-state index in [1.54, 1.807) is 0 Å². The summed E-state index contributed by atoms with van der Waals surface area (Å²) in [6, 6.07) is 15.3. The van der Waals surface area contributed by atoms with Crippen molar-refractivity contribution >= 4 is 5.82 Å². The number of rotatable bonds is 6. The Morgan fingerprint density at radius 1 is 1.04 bits per heavy atom. The standard InChI is InChI=1S/C21H28N2/c1-17-9-8-16-22-21(17)23-20(19-12-6-3-7-13-19)15-14-18-10-4-2-5-11-18/h3,6-9,12-13,16,18,20H,2,4-5,10-11,14-15H2,1H3,(H,22,23). The van der Waals surface area contributed by atoms with Crippen molar-refractivity contribution in [1.29, 1.82) is 0 Å². The van der Waals surface area contributed by atoms with E-state index in [9.17, 15) is 0 Å². The molecule has 2 aromatic rings. The summed E-state index contributed by atoms with van der Waals surface area (Å²) in [6.45, 7) is 2.12. The molecule has 1 aliphatic carbocycles. The van der Waals surface area contributed by atoms with E-state index in [1.807, 2.05) is 12.3 Å². The summed E-state index contributed by atoms with van der Waals surface area (Å²) in [4.78, 5) is 4.53. The van der Waals surface area contributed by atoms with Gasteiger partial charge in [-0.05, 0) is 42.9 Å². The van der Waals surface area contributed by atoms with E-state index in [0.717, 1.165) is 11.7 Å². The van der Waals surface area contributed by atoms with E-state index >= 15 is 0 Å². The highest BCUT2D eigenvalue weighted by molar-refractivity contribution is 5.45. The third-order valence-electron chi connectivity index (χ3n) is 5.11. The minimum atomic E-state index is 0.353. The van der Waals surface area contributed by atoms with Crippen LogP contribution in [0.25, 0.3) is 0 Å². The van der Waals surface area contributed by atoms with Gasteiger partial charge in [0.05, 0.1) is 6.04 Å². The lowest BCUT2D eigenvalue weighted by molar-refractivity contribution is 0.326. The molecule has 0 radical (unpaired) electrons. The van der Waals surface area contributed by atoms with E-state index in [-0.39, 0.29) is 0 Å². The molecule has 1 aliphatic rings. The van der Waals surface area contributed by atoms with E-state index in [1.165, 1.54) is 56.1 Å². The summed E-state index contributed by atoms with van der Waals surface area (Å²) in [7, 11) is 0. The normalized spacial score (nSPS) is 16.9. The topological polar surface area (TPSA) is 24.9 Å². The lowest BCUT2D eigenvalue weighted by Gasteiger charge is -2.26. The fourth-order valence-electron chi connectivity index (χ4n) is 3.69. The molecule has 0 spiro atoms. The van der Waals surface area contributed by atoms with Crippen LogP contribution in [0.1, 0.15) is 62.1 Å². The summed E-state index contributed by atoms with van der Waals surface area (Å²) in [5.74, 6) is 1.94. The van der Waals surface area contributed by atoms with Crippen LogP contribution in [0.5, 0.6) is 0 Å². The van der Waals surface area contributed by atoms with Gasteiger partial charge < -0.3 is 5.32 Å². The van der Waals surface area contributed by atoms with Crippen LogP contribution in [0, 0.1) is 12.8 Å². The van der Waals surface area contributed by atoms with Gasteiger partial charge in [0.25, 0.3) is 0 Å². The van der Waals surface area contributed by atoms with Gasteiger partial charge in [0.1, 0.15) is 5.82 Å². The quantitative estimate of drug-likeness (QED) is 0.718. The fraction of sp³-hybridized carbons (Fsp3) is 0.476. The van der Waals surface area contributed by atoms with Crippen LogP contribution >= 0.6 is 0 Å². The van der Waals surface area contributed by atoms with Crippen LogP contribution in [0.2, 0.25) is 0 Å². The minimum Gasteiger partial charge on any atom is -0.363 e. The summed E-state index contributed by atoms with van der Waals surface area (Å²) in [5, 5.41) is 3.69. The van der Waals surface area contributed by atoms with Gasteiger partial charge in [-0.3, -0.25) is 0 Å². The molecule has 2 nitrogen and oxygen atoms in total. The summed E-state index contributed by atoms with van der Waals surface area (Å²) in [5.41, 5.74) is 2.58. The number of nitrogens with one attached hydrogen (secondary N) is 1. The molecule has 0 aliphatic heterocycles. The number of nitrogens with zero attached hydrogens (tertiary/aromatic N) is 1. The molecule has 1 heterocycles. The van der Waals surface area contributed by atoms with Crippen molar-refractivity contribution in [3.8, 4) is 0 Å². The molecule has 23 heavy (non-hydrogen) atoms. The molecule has 1 atom stereocenters. The first-order valence-corrected chi connectivity index (χ1v) is 9.06. The van der Waals surface area contributed by atoms with E-state index in [4.69, 9.17) is 0 Å². The van der Waals surface area contributed by atoms with Gasteiger partial charge in [-0.2, -0.15) is 0 Å². The Morgan fingerprint density at radius 3 is 2.57 bits per heavy atom. The molecular formula is C21H28N2. The van der Waals surface area contributed by atoms with Crippen LogP contribution in [-0.4, -0.2) is 4.98 Å². The SMILES string of the molecule is Cc1cccnc1NC(CCC1CCCCC1)c1ccccc1. The highest BCUT2D eigenvalue weighted by atomic mass is 15.0. The number of hydrogen-bond donors (Lipinski definition) is 1. The van der Waals surface area contributed by atoms with Crippen LogP contribution in [0.3, 0.4) is 0 Å². The second-order valence-corrected chi connectivity index (χ2v) is 6.86. The lowest BCUT2D eigenvalue weighted by Crippen LogP contribution is -2.15. The number of hydrogen-bond acceptors (Lipinski definition) is 2. The number of benzene rings is 1. The third-order valence-corrected chi connectivity index (χ3v) is 5.11. The Kier molecular flexibility index (Phi) is 5.68. The molecule has 1 aromatic carbocycles. The minimum absolute atomic E-state index is 0.353. The molecule has 0 amide bonds. The summed E-state index contributed by atoms with van der Waals surface area (Å²) < 4.78 is 0. The molecule has 1 fully saturated rings. The summed E-state index contributed by atoms with van der Waals surface area (Å²) >= 11 is 0. The maximum Gasteiger partial charge on any atom is 0.129 e. The molecule has 1 N–H and O–H groups in total. The summed E-state index contributed by atoms with van der Waals surface area (Å²) in [6.07, 6.45) is 11.5. The van der Waals surface area contributed by atoms with Gasteiger partial charge in [0.2, 0.25) is 0 Å². The molecule has 1 unspecified atom stereocenters. The molecule has 122 valence electrons. The largest absolute Gasteiger partial charge is 0.363 e. The van der Waals surface area contributed by atoms with Gasteiger partial charge in [-0.25, -0.2) is 4.98 Å². The number of anilines is 1. The van der Waals surface area contributed by atoms with Crippen molar-refractivity contribution in [3.63, 3.8) is 0 Å². The number of aromatic nitrogens is 1. The molecule has 1 aromatic heterocycles. The molecular weight excluding hydrogens is 280 g/mol. The third kappa shape index (κ3) is 4.57. The van der Waals surface area contributed by atoms with Gasteiger partial charge in [-0.15, -0.1) is 0 Å². The number of pyridine rings is 1. The smallest absolute Gasteiger partial charge is 0.129 e. The Bertz CT molecular complexity index is 588. The maximum absolute atomic E-state index is 4.53. The average molecular weight is 308 g/mol. The molecule has 2 heteroatoms. The van der Waals surface area contributed by atoms with E-state index in [0.29, 0.717) is 6.04 Å². The predicted octanol–water partition coefficient (Wildman–Crippen LogP) is 5.90. The fourth-order valence-corrected chi connectivity index (χ4v) is 3.69. The highest BCUT2D eigenvalue weighted by Crippen LogP contribution is 2.32. The second kappa shape index (κ2) is 8.14. The lowest BCUT2D eigenvalue weighted by atomic mass is 9.84. The first-order valence-electron chi connectivity index (χ1n) is 9.06. The second-order valence-electron chi connectivity index (χ2n) is 6.86. The van der Waals surface area contributed by atoms with Crippen molar-refractivity contribution in [2.75, 3.05) is 5.32 Å². The zero-order valence-corrected chi connectivity index (χ0v) is 14.2. The van der Waals surface area contributed by atoms with Gasteiger partial charge in [-0.1, -0.05) is 68.5 Å². The molecule has 3 rings (SSSR count). The van der Waals surface area contributed by atoms with Crippen molar-refractivity contribution in [3.05, 3.63) is 59.8 Å². The van der Waals surface area contributed by atoms with E-state index < -0.39 is 0 Å². The zero-order chi connectivity index (χ0) is 15.9. The van der Waals surface area contributed by atoms with Crippen molar-refractivity contribution < 1.29 is 0 Å². The monoisotopic (exact) mass is 308 g/mol. The van der Waals surface area contributed by atoms with Crippen LogP contribution in [0.15, 0.2) is 48.7 Å². The predicted molar refractivity (Wildman–Crippen MR) is 97.6 cm³/mol. The molecule has 0 saturated heterocycles. The van der Waals surface area contributed by atoms with E-state index in [2.05, 4.69) is 53.6 Å². The molecule has 0 bridgehead atoms. The van der Waals surface area contributed by atoms with Gasteiger partial charge >= 0.3 is 0 Å². The first-order chi connectivity index (χ1) is 11.3. The Hall–Kier alpha value is -1.83. The van der Waals surface area contributed by atoms with Crippen molar-refractivity contribution in [2.24, 2.45) is 5.92 Å². The van der Waals surface area contributed by atoms with Gasteiger partial charge in [0, 0.05) is 6.20 Å². The van der Waals surface area contributed by atoms with Crippen LogP contribution in [0.4, 0.5) is 5.82 Å².